The molecule has 0 radical (unpaired) electrons. The van der Waals surface area contributed by atoms with Crippen LogP contribution < -0.4 is 0 Å². The molecule has 0 aromatic carbocycles. The zero-order valence-corrected chi connectivity index (χ0v) is 13.4. The van der Waals surface area contributed by atoms with Gasteiger partial charge in [0, 0.05) is 23.7 Å². The second kappa shape index (κ2) is 6.75. The van der Waals surface area contributed by atoms with Crippen LogP contribution in [0.25, 0.3) is 11.7 Å². The Morgan fingerprint density at radius 2 is 2.22 bits per heavy atom. The number of aromatic nitrogens is 3. The van der Waals surface area contributed by atoms with Crippen molar-refractivity contribution in [3.63, 3.8) is 0 Å². The predicted octanol–water partition coefficient (Wildman–Crippen LogP) is 4.82. The highest BCUT2D eigenvalue weighted by molar-refractivity contribution is 6.56. The Kier molecular flexibility index (Phi) is 4.53. The minimum absolute atomic E-state index is 0.561. The maximum atomic E-state index is 5.71. The zero-order valence-electron chi connectivity index (χ0n) is 12.7. The summed E-state index contributed by atoms with van der Waals surface area (Å²) in [7, 11) is 0. The van der Waals surface area contributed by atoms with Crippen LogP contribution in [0.2, 0.25) is 0 Å². The van der Waals surface area contributed by atoms with E-state index in [1.807, 2.05) is 24.3 Å². The number of aliphatic imine (C=N–C) groups is 1. The fraction of sp³-hybridized carbons (Fsp3) is 0.167. The third kappa shape index (κ3) is 3.32. The van der Waals surface area contributed by atoms with E-state index in [2.05, 4.69) is 28.2 Å². The lowest BCUT2D eigenvalue weighted by atomic mass is 10.2. The molecule has 3 rings (SSSR count). The van der Waals surface area contributed by atoms with Gasteiger partial charge in [-0.3, -0.25) is 0 Å². The van der Waals surface area contributed by atoms with Gasteiger partial charge in [0.25, 0.3) is 0 Å². The molecule has 23 heavy (non-hydrogen) atoms. The first-order valence-corrected chi connectivity index (χ1v) is 7.85. The summed E-state index contributed by atoms with van der Waals surface area (Å²) in [6.45, 7) is 7.47. The van der Waals surface area contributed by atoms with Gasteiger partial charge < -0.3 is 0 Å². The van der Waals surface area contributed by atoms with Gasteiger partial charge in [0.1, 0.15) is 0 Å². The molecule has 116 valence electrons. The summed E-state index contributed by atoms with van der Waals surface area (Å²) in [6, 6.07) is 2.02. The molecule has 1 fully saturated rings. The molecule has 0 spiro atoms. The minimum Gasteiger partial charge on any atom is -0.236 e. The smallest absolute Gasteiger partial charge is 0.165 e. The van der Waals surface area contributed by atoms with Crippen molar-refractivity contribution in [2.24, 2.45) is 4.99 Å². The van der Waals surface area contributed by atoms with Crippen molar-refractivity contribution in [1.82, 2.24) is 14.6 Å². The number of allylic oxidation sites excluding steroid dienone is 5. The van der Waals surface area contributed by atoms with Crippen molar-refractivity contribution in [3.8, 4) is 0 Å². The molecule has 1 aliphatic rings. The Hall–Kier alpha value is -2.46. The highest BCUT2D eigenvalue weighted by atomic mass is 35.5. The fourth-order valence-corrected chi connectivity index (χ4v) is 2.43. The molecular weight excluding hydrogens is 308 g/mol. The molecule has 0 amide bonds. The molecule has 4 nitrogen and oxygen atoms in total. The average molecular weight is 325 g/mol. The Labute approximate surface area is 140 Å². The summed E-state index contributed by atoms with van der Waals surface area (Å²) in [5, 5.41) is 4.63. The molecule has 2 aromatic rings. The second-order valence-corrected chi connectivity index (χ2v) is 5.51. The lowest BCUT2D eigenvalue weighted by Crippen LogP contribution is -1.94. The normalized spacial score (nSPS) is 15.8. The molecule has 5 heteroatoms. The van der Waals surface area contributed by atoms with E-state index in [1.165, 1.54) is 18.5 Å². The number of hydrogen-bond donors (Lipinski definition) is 0. The molecule has 0 bridgehead atoms. The van der Waals surface area contributed by atoms with Gasteiger partial charge in [0.15, 0.2) is 11.5 Å². The molecule has 2 heterocycles. The number of hydrogen-bond acceptors (Lipinski definition) is 3. The van der Waals surface area contributed by atoms with Gasteiger partial charge in [-0.15, -0.1) is 0 Å². The van der Waals surface area contributed by atoms with Crippen LogP contribution in [0, 0.1) is 0 Å². The highest BCUT2D eigenvalue weighted by Gasteiger charge is 2.27. The summed E-state index contributed by atoms with van der Waals surface area (Å²) in [5.74, 6) is 1.22. The number of fused-ring (bicyclic) bond motifs is 1. The third-order valence-electron chi connectivity index (χ3n) is 3.67. The Morgan fingerprint density at radius 1 is 1.39 bits per heavy atom. The third-order valence-corrected chi connectivity index (χ3v) is 3.77. The predicted molar refractivity (Wildman–Crippen MR) is 96.5 cm³/mol. The number of halogens is 1. The van der Waals surface area contributed by atoms with E-state index in [1.54, 1.807) is 22.9 Å². The quantitative estimate of drug-likeness (QED) is 0.565. The highest BCUT2D eigenvalue weighted by Crippen LogP contribution is 2.39. The van der Waals surface area contributed by atoms with E-state index < -0.39 is 0 Å². The Balaban J connectivity index is 2.07. The summed E-state index contributed by atoms with van der Waals surface area (Å²) in [4.78, 5) is 8.73. The van der Waals surface area contributed by atoms with Crippen LogP contribution >= 0.6 is 11.6 Å². The summed E-state index contributed by atoms with van der Waals surface area (Å²) in [5.41, 5.74) is 4.88. The molecule has 1 saturated carbocycles. The minimum atomic E-state index is 0.561. The van der Waals surface area contributed by atoms with Crippen LogP contribution in [0.4, 0.5) is 5.82 Å². The maximum absolute atomic E-state index is 5.71. The average Bonchev–Trinajstić information content (AvgIpc) is 3.32. The lowest BCUT2D eigenvalue weighted by molar-refractivity contribution is 0.880. The molecular formula is C18H17ClN4. The SMILES string of the molecule is C=C/C=C(C=C)/C=C/c1cnc2cc(C3CC3)nn2c1/N=C/Cl. The van der Waals surface area contributed by atoms with E-state index >= 15 is 0 Å². The van der Waals surface area contributed by atoms with Crippen LogP contribution in [0.3, 0.4) is 0 Å². The molecule has 2 aromatic heterocycles. The number of nitrogens with zero attached hydrogens (tertiary/aromatic N) is 4. The van der Waals surface area contributed by atoms with Gasteiger partial charge in [-0.25, -0.2) is 9.98 Å². The maximum Gasteiger partial charge on any atom is 0.165 e. The summed E-state index contributed by atoms with van der Waals surface area (Å²) < 4.78 is 1.75. The van der Waals surface area contributed by atoms with Gasteiger partial charge in [0.05, 0.1) is 11.4 Å². The topological polar surface area (TPSA) is 42.5 Å². The first kappa shape index (κ1) is 15.4. The standard InChI is InChI=1S/C18H17ClN4/c1-3-5-13(4-2)6-7-15-11-20-17-10-16(14-8-9-14)22-23(17)18(15)21-12-19/h3-7,10-12,14H,1-2,8-9H2/b7-6+,13-5+,21-12+. The van der Waals surface area contributed by atoms with Crippen LogP contribution in [-0.4, -0.2) is 20.3 Å². The van der Waals surface area contributed by atoms with Gasteiger partial charge in [0.2, 0.25) is 0 Å². The molecule has 0 atom stereocenters. The largest absolute Gasteiger partial charge is 0.236 e. The summed E-state index contributed by atoms with van der Waals surface area (Å²) >= 11 is 5.71. The Bertz CT molecular complexity index is 838. The first-order valence-electron chi connectivity index (χ1n) is 7.41. The van der Waals surface area contributed by atoms with Gasteiger partial charge in [-0.1, -0.05) is 49.1 Å². The van der Waals surface area contributed by atoms with E-state index in [0.29, 0.717) is 11.7 Å². The monoisotopic (exact) mass is 324 g/mol. The first-order chi connectivity index (χ1) is 11.3. The number of rotatable bonds is 6. The van der Waals surface area contributed by atoms with Crippen LogP contribution in [-0.2, 0) is 0 Å². The van der Waals surface area contributed by atoms with Gasteiger partial charge >= 0.3 is 0 Å². The zero-order chi connectivity index (χ0) is 16.2. The molecule has 0 N–H and O–H groups in total. The van der Waals surface area contributed by atoms with Crippen molar-refractivity contribution < 1.29 is 0 Å². The van der Waals surface area contributed by atoms with E-state index in [4.69, 9.17) is 11.6 Å². The van der Waals surface area contributed by atoms with Gasteiger partial charge in [-0.2, -0.15) is 9.61 Å². The molecule has 0 saturated heterocycles. The van der Waals surface area contributed by atoms with Crippen molar-refractivity contribution >= 4 is 34.8 Å². The van der Waals surface area contributed by atoms with Crippen molar-refractivity contribution in [3.05, 3.63) is 66.6 Å². The fourth-order valence-electron chi connectivity index (χ4n) is 2.34. The van der Waals surface area contributed by atoms with E-state index in [0.717, 1.165) is 22.5 Å². The molecule has 0 unspecified atom stereocenters. The lowest BCUT2D eigenvalue weighted by Gasteiger charge is -2.03. The molecule has 0 aliphatic heterocycles. The van der Waals surface area contributed by atoms with E-state index in [9.17, 15) is 0 Å². The van der Waals surface area contributed by atoms with Crippen molar-refractivity contribution in [2.45, 2.75) is 18.8 Å². The Morgan fingerprint density at radius 3 is 2.87 bits per heavy atom. The molecule has 1 aliphatic carbocycles. The van der Waals surface area contributed by atoms with Crippen molar-refractivity contribution in [1.29, 1.82) is 0 Å². The summed E-state index contributed by atoms with van der Waals surface area (Å²) in [6.07, 6.45) is 13.4. The van der Waals surface area contributed by atoms with Crippen LogP contribution in [0.1, 0.15) is 30.0 Å². The van der Waals surface area contributed by atoms with Crippen LogP contribution in [0.15, 0.2) is 60.3 Å². The van der Waals surface area contributed by atoms with E-state index in [-0.39, 0.29) is 0 Å². The van der Waals surface area contributed by atoms with Crippen molar-refractivity contribution in [2.75, 3.05) is 0 Å². The van der Waals surface area contributed by atoms with Gasteiger partial charge in [-0.05, 0) is 24.5 Å². The second-order valence-electron chi connectivity index (χ2n) is 5.32. The van der Waals surface area contributed by atoms with Crippen LogP contribution in [0.5, 0.6) is 0 Å².